The number of carbonyl (C=O) groups excluding carboxylic acids is 1. The van der Waals surface area contributed by atoms with Crippen molar-refractivity contribution in [3.8, 4) is 11.3 Å². The van der Waals surface area contributed by atoms with E-state index in [0.717, 1.165) is 24.3 Å². The van der Waals surface area contributed by atoms with E-state index in [2.05, 4.69) is 25.8 Å². The molecule has 0 saturated carbocycles. The molecule has 0 bridgehead atoms. The van der Waals surface area contributed by atoms with E-state index in [9.17, 15) is 22.4 Å². The molecule has 2 aromatic carbocycles. The third-order valence-electron chi connectivity index (χ3n) is 4.15. The SMILES string of the molecule is CC(C)(C)N/C(=N/C(=O)c1ccc(C(F)(F)F)cc1)Nc1cc(-c2ccc(F)cc2)[nH]n1. The van der Waals surface area contributed by atoms with Gasteiger partial charge in [0.05, 0.1) is 11.3 Å². The van der Waals surface area contributed by atoms with Crippen molar-refractivity contribution < 1.29 is 22.4 Å². The van der Waals surface area contributed by atoms with E-state index in [1.807, 2.05) is 20.8 Å². The molecule has 1 amide bonds. The molecule has 3 rings (SSSR count). The van der Waals surface area contributed by atoms with Crippen molar-refractivity contribution in [3.63, 3.8) is 0 Å². The molecule has 0 aliphatic heterocycles. The summed E-state index contributed by atoms with van der Waals surface area (Å²) in [7, 11) is 0. The second-order valence-corrected chi connectivity index (χ2v) is 8.01. The van der Waals surface area contributed by atoms with E-state index in [1.165, 1.54) is 12.1 Å². The fourth-order valence-corrected chi connectivity index (χ4v) is 2.69. The van der Waals surface area contributed by atoms with Crippen LogP contribution < -0.4 is 10.6 Å². The molecule has 3 aromatic rings. The second-order valence-electron chi connectivity index (χ2n) is 8.01. The predicted octanol–water partition coefficient (Wildman–Crippen LogP) is 5.23. The Labute approximate surface area is 181 Å². The van der Waals surface area contributed by atoms with Crippen LogP contribution in [0.25, 0.3) is 11.3 Å². The largest absolute Gasteiger partial charge is 0.416 e. The Balaban J connectivity index is 1.83. The highest BCUT2D eigenvalue weighted by atomic mass is 19.4. The Hall–Kier alpha value is -3.69. The van der Waals surface area contributed by atoms with Crippen LogP contribution in [0.2, 0.25) is 0 Å². The number of amides is 1. The van der Waals surface area contributed by atoms with Gasteiger partial charge in [-0.25, -0.2) is 4.39 Å². The van der Waals surface area contributed by atoms with Crippen molar-refractivity contribution in [2.75, 3.05) is 5.32 Å². The Morgan fingerprint density at radius 1 is 1.00 bits per heavy atom. The summed E-state index contributed by atoms with van der Waals surface area (Å²) in [4.78, 5) is 16.5. The first-order chi connectivity index (χ1) is 14.9. The minimum Gasteiger partial charge on any atom is -0.351 e. The molecule has 0 unspecified atom stereocenters. The molecule has 0 spiro atoms. The summed E-state index contributed by atoms with van der Waals surface area (Å²) in [5, 5.41) is 12.8. The van der Waals surface area contributed by atoms with E-state index in [4.69, 9.17) is 0 Å². The number of nitrogens with one attached hydrogen (secondary N) is 3. The predicted molar refractivity (Wildman–Crippen MR) is 114 cm³/mol. The standard InChI is InChI=1S/C22H21F4N5O/c1-21(2,3)29-20(28-19(32)14-4-8-15(9-5-14)22(24,25)26)27-18-12-17(30-31-18)13-6-10-16(23)11-7-13/h4-12H,1-3H3,(H3,27,28,29,30,31,32). The second kappa shape index (κ2) is 8.81. The van der Waals surface area contributed by atoms with Gasteiger partial charge in [-0.2, -0.15) is 23.3 Å². The summed E-state index contributed by atoms with van der Waals surface area (Å²) in [5.74, 6) is -0.691. The van der Waals surface area contributed by atoms with Crippen molar-refractivity contribution in [1.82, 2.24) is 15.5 Å². The van der Waals surface area contributed by atoms with Crippen molar-refractivity contribution in [2.45, 2.75) is 32.5 Å². The molecule has 0 aliphatic carbocycles. The van der Waals surface area contributed by atoms with Crippen LogP contribution in [0.3, 0.4) is 0 Å². The molecule has 0 saturated heterocycles. The summed E-state index contributed by atoms with van der Waals surface area (Å²) >= 11 is 0. The van der Waals surface area contributed by atoms with Gasteiger partial charge in [-0.15, -0.1) is 0 Å². The van der Waals surface area contributed by atoms with Crippen LogP contribution in [-0.4, -0.2) is 27.6 Å². The van der Waals surface area contributed by atoms with Crippen LogP contribution in [0.1, 0.15) is 36.7 Å². The number of guanidine groups is 1. The molecule has 0 atom stereocenters. The maximum atomic E-state index is 13.1. The Bertz CT molecular complexity index is 1110. The number of aromatic amines is 1. The molecule has 32 heavy (non-hydrogen) atoms. The number of hydrogen-bond donors (Lipinski definition) is 3. The van der Waals surface area contributed by atoms with Crippen LogP contribution >= 0.6 is 0 Å². The Kier molecular flexibility index (Phi) is 6.33. The number of anilines is 1. The Morgan fingerprint density at radius 2 is 1.62 bits per heavy atom. The van der Waals surface area contributed by atoms with Crippen molar-refractivity contribution in [1.29, 1.82) is 0 Å². The summed E-state index contributed by atoms with van der Waals surface area (Å²) in [6, 6.07) is 11.3. The molecule has 6 nitrogen and oxygen atoms in total. The molecule has 1 aromatic heterocycles. The smallest absolute Gasteiger partial charge is 0.351 e. The van der Waals surface area contributed by atoms with E-state index in [1.54, 1.807) is 18.2 Å². The lowest BCUT2D eigenvalue weighted by molar-refractivity contribution is -0.137. The zero-order valence-corrected chi connectivity index (χ0v) is 17.5. The lowest BCUT2D eigenvalue weighted by atomic mass is 10.1. The molecule has 10 heteroatoms. The fourth-order valence-electron chi connectivity index (χ4n) is 2.69. The number of H-pyrrole nitrogens is 1. The van der Waals surface area contributed by atoms with E-state index >= 15 is 0 Å². The molecule has 0 radical (unpaired) electrons. The number of hydrogen-bond acceptors (Lipinski definition) is 2. The summed E-state index contributed by atoms with van der Waals surface area (Å²) in [6.07, 6.45) is -4.49. The van der Waals surface area contributed by atoms with Crippen LogP contribution in [0.4, 0.5) is 23.4 Å². The van der Waals surface area contributed by atoms with Crippen LogP contribution in [0.5, 0.6) is 0 Å². The maximum absolute atomic E-state index is 13.1. The van der Waals surface area contributed by atoms with Gasteiger partial charge in [0, 0.05) is 17.2 Å². The molecule has 1 heterocycles. The average molecular weight is 447 g/mol. The molecular weight excluding hydrogens is 426 g/mol. The lowest BCUT2D eigenvalue weighted by Gasteiger charge is -2.23. The number of aromatic nitrogens is 2. The maximum Gasteiger partial charge on any atom is 0.416 e. The molecule has 0 fully saturated rings. The normalized spacial score (nSPS) is 12.5. The van der Waals surface area contributed by atoms with Gasteiger partial charge in [0.2, 0.25) is 5.96 Å². The Morgan fingerprint density at radius 3 is 2.19 bits per heavy atom. The van der Waals surface area contributed by atoms with Crippen LogP contribution in [0.15, 0.2) is 59.6 Å². The number of aliphatic imine (C=N–C) groups is 1. The monoisotopic (exact) mass is 447 g/mol. The fraction of sp³-hybridized carbons (Fsp3) is 0.227. The van der Waals surface area contributed by atoms with Gasteiger partial charge in [-0.05, 0) is 74.9 Å². The van der Waals surface area contributed by atoms with Gasteiger partial charge in [0.1, 0.15) is 5.82 Å². The molecule has 0 aliphatic rings. The molecule has 3 N–H and O–H groups in total. The van der Waals surface area contributed by atoms with Crippen molar-refractivity contribution >= 4 is 17.7 Å². The summed E-state index contributed by atoms with van der Waals surface area (Å²) in [5.41, 5.74) is -0.0229. The average Bonchev–Trinajstić information content (AvgIpc) is 3.15. The van der Waals surface area contributed by atoms with Gasteiger partial charge in [-0.1, -0.05) is 0 Å². The summed E-state index contributed by atoms with van der Waals surface area (Å²) < 4.78 is 51.4. The first-order valence-electron chi connectivity index (χ1n) is 9.57. The van der Waals surface area contributed by atoms with Gasteiger partial charge < -0.3 is 10.6 Å². The van der Waals surface area contributed by atoms with E-state index < -0.39 is 23.2 Å². The van der Waals surface area contributed by atoms with Crippen molar-refractivity contribution in [3.05, 3.63) is 71.5 Å². The van der Waals surface area contributed by atoms with E-state index in [-0.39, 0.29) is 17.3 Å². The number of rotatable bonds is 3. The number of alkyl halides is 3. The summed E-state index contributed by atoms with van der Waals surface area (Å²) in [6.45, 7) is 5.55. The highest BCUT2D eigenvalue weighted by molar-refractivity contribution is 6.06. The number of benzene rings is 2. The molecular formula is C22H21F4N5O. The third-order valence-corrected chi connectivity index (χ3v) is 4.15. The topological polar surface area (TPSA) is 82.2 Å². The van der Waals surface area contributed by atoms with Gasteiger partial charge in [0.15, 0.2) is 5.82 Å². The van der Waals surface area contributed by atoms with Crippen LogP contribution in [0, 0.1) is 5.82 Å². The first-order valence-corrected chi connectivity index (χ1v) is 9.57. The number of nitrogens with zero attached hydrogens (tertiary/aromatic N) is 2. The van der Waals surface area contributed by atoms with Crippen LogP contribution in [-0.2, 0) is 6.18 Å². The zero-order valence-electron chi connectivity index (χ0n) is 17.5. The van der Waals surface area contributed by atoms with Gasteiger partial charge in [0.25, 0.3) is 5.91 Å². The third kappa shape index (κ3) is 6.16. The van der Waals surface area contributed by atoms with Crippen molar-refractivity contribution in [2.24, 2.45) is 4.99 Å². The zero-order chi connectivity index (χ0) is 23.5. The van der Waals surface area contributed by atoms with Gasteiger partial charge >= 0.3 is 6.18 Å². The van der Waals surface area contributed by atoms with Gasteiger partial charge in [-0.3, -0.25) is 9.89 Å². The highest BCUT2D eigenvalue weighted by Crippen LogP contribution is 2.29. The minimum atomic E-state index is -4.49. The lowest BCUT2D eigenvalue weighted by Crippen LogP contribution is -2.44. The molecule has 168 valence electrons. The number of carbonyl (C=O) groups is 1. The minimum absolute atomic E-state index is 0.00189. The first kappa shape index (κ1) is 23.0. The number of halogens is 4. The highest BCUT2D eigenvalue weighted by Gasteiger charge is 2.30. The quantitative estimate of drug-likeness (QED) is 0.292. The van der Waals surface area contributed by atoms with E-state index in [0.29, 0.717) is 17.1 Å².